The predicted octanol–water partition coefficient (Wildman–Crippen LogP) is 3.43. The highest BCUT2D eigenvalue weighted by Gasteiger charge is 2.42. The third kappa shape index (κ3) is 4.41. The van der Waals surface area contributed by atoms with Crippen LogP contribution in [0.15, 0.2) is 54.6 Å². The SMILES string of the molecule is CC(=O)[C@@H](C(=O)c1ccccc1)[C@H](c1ccc([N+](=O)[O-])cc1)[C@H](C)[N+](=O)[O-]. The molecule has 2 rings (SSSR count). The average Bonchev–Trinajstić information content (AvgIpc) is 2.65. The van der Waals surface area contributed by atoms with Gasteiger partial charge in [0.1, 0.15) is 5.78 Å². The highest BCUT2D eigenvalue weighted by atomic mass is 16.6. The van der Waals surface area contributed by atoms with E-state index in [1.165, 1.54) is 38.1 Å². The van der Waals surface area contributed by atoms with E-state index < -0.39 is 39.3 Å². The number of hydrogen-bond donors (Lipinski definition) is 0. The Kier molecular flexibility index (Phi) is 6.12. The third-order valence-electron chi connectivity index (χ3n) is 4.48. The van der Waals surface area contributed by atoms with Crippen LogP contribution in [0.4, 0.5) is 5.69 Å². The first-order chi connectivity index (χ1) is 12.7. The van der Waals surface area contributed by atoms with Gasteiger partial charge in [0.2, 0.25) is 6.04 Å². The lowest BCUT2D eigenvalue weighted by atomic mass is 9.75. The zero-order valence-electron chi connectivity index (χ0n) is 14.8. The van der Waals surface area contributed by atoms with Gasteiger partial charge in [-0.15, -0.1) is 0 Å². The molecule has 2 aromatic carbocycles. The number of nitro benzene ring substituents is 1. The Labute approximate surface area is 155 Å². The van der Waals surface area contributed by atoms with Gasteiger partial charge in [-0.1, -0.05) is 42.5 Å². The van der Waals surface area contributed by atoms with Gasteiger partial charge in [-0.05, 0) is 12.5 Å². The summed E-state index contributed by atoms with van der Waals surface area (Å²) in [5.41, 5.74) is 0.425. The van der Waals surface area contributed by atoms with E-state index in [-0.39, 0.29) is 11.3 Å². The van der Waals surface area contributed by atoms with E-state index in [0.717, 1.165) is 0 Å². The van der Waals surface area contributed by atoms with Gasteiger partial charge in [0.05, 0.1) is 16.8 Å². The molecule has 8 heteroatoms. The minimum Gasteiger partial charge on any atom is -0.299 e. The van der Waals surface area contributed by atoms with Crippen LogP contribution in [0.25, 0.3) is 0 Å². The van der Waals surface area contributed by atoms with E-state index >= 15 is 0 Å². The Morgan fingerprint density at radius 3 is 1.93 bits per heavy atom. The normalized spacial score (nSPS) is 14.0. The first kappa shape index (κ1) is 19.9. The molecule has 0 radical (unpaired) electrons. The van der Waals surface area contributed by atoms with Crippen LogP contribution in [0.3, 0.4) is 0 Å². The van der Waals surface area contributed by atoms with Crippen molar-refractivity contribution in [2.24, 2.45) is 5.92 Å². The third-order valence-corrected chi connectivity index (χ3v) is 4.48. The molecule has 0 aliphatic carbocycles. The van der Waals surface area contributed by atoms with E-state index in [2.05, 4.69) is 0 Å². The molecule has 0 unspecified atom stereocenters. The van der Waals surface area contributed by atoms with E-state index in [0.29, 0.717) is 5.56 Å². The summed E-state index contributed by atoms with van der Waals surface area (Å²) in [5.74, 6) is -3.33. The number of hydrogen-bond acceptors (Lipinski definition) is 6. The maximum absolute atomic E-state index is 13.0. The maximum atomic E-state index is 13.0. The summed E-state index contributed by atoms with van der Waals surface area (Å²) < 4.78 is 0. The van der Waals surface area contributed by atoms with E-state index in [1.54, 1.807) is 30.3 Å². The quantitative estimate of drug-likeness (QED) is 0.304. The minimum atomic E-state index is -1.27. The molecule has 0 aliphatic rings. The molecule has 0 saturated carbocycles. The van der Waals surface area contributed by atoms with Gasteiger partial charge in [-0.3, -0.25) is 29.8 Å². The minimum absolute atomic E-state index is 0.181. The number of benzene rings is 2. The Hall–Kier alpha value is -3.42. The molecule has 0 aromatic heterocycles. The van der Waals surface area contributed by atoms with Crippen LogP contribution in [0, 0.1) is 26.1 Å². The van der Waals surface area contributed by atoms with Crippen LogP contribution in [-0.2, 0) is 4.79 Å². The van der Waals surface area contributed by atoms with Crippen LogP contribution in [0.2, 0.25) is 0 Å². The van der Waals surface area contributed by atoms with Crippen molar-refractivity contribution < 1.29 is 19.4 Å². The van der Waals surface area contributed by atoms with E-state index in [1.807, 2.05) is 0 Å². The van der Waals surface area contributed by atoms with Gasteiger partial charge in [-0.2, -0.15) is 0 Å². The van der Waals surface area contributed by atoms with Crippen molar-refractivity contribution in [3.63, 3.8) is 0 Å². The van der Waals surface area contributed by atoms with Crippen LogP contribution in [-0.4, -0.2) is 27.5 Å². The zero-order valence-corrected chi connectivity index (χ0v) is 14.8. The lowest BCUT2D eigenvalue weighted by molar-refractivity contribution is -0.523. The van der Waals surface area contributed by atoms with Gasteiger partial charge >= 0.3 is 0 Å². The largest absolute Gasteiger partial charge is 0.299 e. The fraction of sp³-hybridized carbons (Fsp3) is 0.263. The summed E-state index contributed by atoms with van der Waals surface area (Å²) >= 11 is 0. The summed E-state index contributed by atoms with van der Waals surface area (Å²) in [4.78, 5) is 46.4. The van der Waals surface area contributed by atoms with Crippen LogP contribution in [0.5, 0.6) is 0 Å². The predicted molar refractivity (Wildman–Crippen MR) is 97.2 cm³/mol. The number of nitrogens with zero attached hydrogens (tertiary/aromatic N) is 2. The molecule has 27 heavy (non-hydrogen) atoms. The Balaban J connectivity index is 2.55. The van der Waals surface area contributed by atoms with Gasteiger partial charge in [-0.25, -0.2) is 0 Å². The second kappa shape index (κ2) is 8.31. The highest BCUT2D eigenvalue weighted by Crippen LogP contribution is 2.34. The van der Waals surface area contributed by atoms with Gasteiger partial charge in [0, 0.05) is 29.5 Å². The van der Waals surface area contributed by atoms with Crippen molar-refractivity contribution in [2.45, 2.75) is 25.8 Å². The first-order valence-corrected chi connectivity index (χ1v) is 8.21. The topological polar surface area (TPSA) is 120 Å². The maximum Gasteiger partial charge on any atom is 0.269 e. The molecule has 0 spiro atoms. The average molecular weight is 370 g/mol. The van der Waals surface area contributed by atoms with Crippen molar-refractivity contribution >= 4 is 17.3 Å². The molecule has 0 bridgehead atoms. The molecule has 3 atom stereocenters. The molecule has 0 aliphatic heterocycles. The molecular weight excluding hydrogens is 352 g/mol. The fourth-order valence-electron chi connectivity index (χ4n) is 3.08. The lowest BCUT2D eigenvalue weighted by Crippen LogP contribution is -2.37. The first-order valence-electron chi connectivity index (χ1n) is 8.21. The van der Waals surface area contributed by atoms with Gasteiger partial charge in [0.25, 0.3) is 5.69 Å². The van der Waals surface area contributed by atoms with Crippen molar-refractivity contribution in [3.05, 3.63) is 86.0 Å². The Morgan fingerprint density at radius 2 is 1.48 bits per heavy atom. The number of Topliss-reactive ketones (excluding diaryl/α,β-unsaturated/α-hetero) is 2. The van der Waals surface area contributed by atoms with Crippen LogP contribution >= 0.6 is 0 Å². The molecule has 0 fully saturated rings. The molecule has 140 valence electrons. The fourth-order valence-corrected chi connectivity index (χ4v) is 3.08. The highest BCUT2D eigenvalue weighted by molar-refractivity contribution is 6.10. The molecule has 0 saturated heterocycles. The Bertz CT molecular complexity index is 864. The molecule has 0 amide bonds. The van der Waals surface area contributed by atoms with Gasteiger partial charge in [0.15, 0.2) is 5.78 Å². The zero-order chi connectivity index (χ0) is 20.1. The molecule has 0 N–H and O–H groups in total. The van der Waals surface area contributed by atoms with Crippen molar-refractivity contribution in [3.8, 4) is 0 Å². The van der Waals surface area contributed by atoms with E-state index in [9.17, 15) is 29.8 Å². The number of non-ortho nitro benzene ring substituents is 1. The number of rotatable bonds is 8. The molecular formula is C19H18N2O6. The smallest absolute Gasteiger partial charge is 0.269 e. The molecule has 2 aromatic rings. The van der Waals surface area contributed by atoms with Crippen molar-refractivity contribution in [1.29, 1.82) is 0 Å². The summed E-state index contributed by atoms with van der Waals surface area (Å²) in [6.45, 7) is 2.54. The van der Waals surface area contributed by atoms with Crippen LogP contribution in [0.1, 0.15) is 35.7 Å². The van der Waals surface area contributed by atoms with Crippen molar-refractivity contribution in [2.75, 3.05) is 0 Å². The number of ketones is 2. The molecule has 8 nitrogen and oxygen atoms in total. The number of carbonyl (C=O) groups is 2. The standard InChI is InChI=1S/C19H18N2O6/c1-12(20(24)25)17(14-8-10-16(11-9-14)21(26)27)18(13(2)22)19(23)15-6-4-3-5-7-15/h3-12,17-18H,1-2H3/t12-,17-,18+/m0/s1. The lowest BCUT2D eigenvalue weighted by Gasteiger charge is -2.25. The number of nitro groups is 2. The summed E-state index contributed by atoms with van der Waals surface area (Å²) in [6.07, 6.45) is 0. The Morgan fingerprint density at radius 1 is 0.926 bits per heavy atom. The van der Waals surface area contributed by atoms with E-state index in [4.69, 9.17) is 0 Å². The second-order valence-corrected chi connectivity index (χ2v) is 6.22. The second-order valence-electron chi connectivity index (χ2n) is 6.22. The monoisotopic (exact) mass is 370 g/mol. The summed E-state index contributed by atoms with van der Waals surface area (Å²) in [5, 5.41) is 22.3. The molecule has 0 heterocycles. The summed E-state index contributed by atoms with van der Waals surface area (Å²) in [6, 6.07) is 12.0. The van der Waals surface area contributed by atoms with Gasteiger partial charge < -0.3 is 0 Å². The van der Waals surface area contributed by atoms with Crippen molar-refractivity contribution in [1.82, 2.24) is 0 Å². The van der Waals surface area contributed by atoms with Crippen LogP contribution < -0.4 is 0 Å². The summed E-state index contributed by atoms with van der Waals surface area (Å²) in [7, 11) is 0. The number of carbonyl (C=O) groups excluding carboxylic acids is 2.